The van der Waals surface area contributed by atoms with Crippen LogP contribution in [0, 0.1) is 0 Å². The number of nitrogens with one attached hydrogen (secondary N) is 1. The summed E-state index contributed by atoms with van der Waals surface area (Å²) >= 11 is 0. The molecular weight excluding hydrogens is 190 g/mol. The number of phenolic OH excluding ortho intramolecular Hbond substituents is 1. The fourth-order valence-electron chi connectivity index (χ4n) is 2.05. The lowest BCUT2D eigenvalue weighted by molar-refractivity contribution is 0.114. The van der Waals surface area contributed by atoms with Crippen molar-refractivity contribution >= 4 is 0 Å². The van der Waals surface area contributed by atoms with Gasteiger partial charge in [0, 0.05) is 6.04 Å². The van der Waals surface area contributed by atoms with Gasteiger partial charge in [-0.25, -0.2) is 0 Å². The van der Waals surface area contributed by atoms with Crippen molar-refractivity contribution in [2.45, 2.75) is 31.4 Å². The first-order valence-corrected chi connectivity index (χ1v) is 5.48. The van der Waals surface area contributed by atoms with E-state index in [0.29, 0.717) is 0 Å². The lowest BCUT2D eigenvalue weighted by Crippen LogP contribution is -2.38. The fourth-order valence-corrected chi connectivity index (χ4v) is 2.05. The Hall–Kier alpha value is -1.06. The molecule has 3 nitrogen and oxygen atoms in total. The predicted octanol–water partition coefficient (Wildman–Crippen LogP) is 1.57. The van der Waals surface area contributed by atoms with Gasteiger partial charge in [0.1, 0.15) is 5.75 Å². The van der Waals surface area contributed by atoms with Crippen LogP contribution in [-0.4, -0.2) is 22.8 Å². The molecule has 1 aromatic rings. The molecule has 0 amide bonds. The molecule has 15 heavy (non-hydrogen) atoms. The molecule has 2 rings (SSSR count). The SMILES string of the molecule is Oc1ccc([C@H](O)C2CCCCN2)cc1. The standard InChI is InChI=1S/C12H17NO2/c14-10-6-4-9(5-7-10)12(15)11-3-1-2-8-13-11/h4-7,11-15H,1-3,8H2/t11?,12-/m0/s1. The van der Waals surface area contributed by atoms with Crippen molar-refractivity contribution in [2.24, 2.45) is 0 Å². The van der Waals surface area contributed by atoms with Gasteiger partial charge in [0.15, 0.2) is 0 Å². The average Bonchev–Trinajstić information content (AvgIpc) is 2.30. The molecule has 1 saturated heterocycles. The minimum atomic E-state index is -0.467. The highest BCUT2D eigenvalue weighted by Gasteiger charge is 2.22. The van der Waals surface area contributed by atoms with Gasteiger partial charge in [0.05, 0.1) is 6.10 Å². The molecule has 0 radical (unpaired) electrons. The van der Waals surface area contributed by atoms with Gasteiger partial charge in [0.2, 0.25) is 0 Å². The maximum Gasteiger partial charge on any atom is 0.115 e. The highest BCUT2D eigenvalue weighted by molar-refractivity contribution is 5.28. The van der Waals surface area contributed by atoms with Crippen molar-refractivity contribution in [2.75, 3.05) is 6.54 Å². The van der Waals surface area contributed by atoms with E-state index in [1.54, 1.807) is 24.3 Å². The molecule has 1 fully saturated rings. The molecule has 1 unspecified atom stereocenters. The molecule has 2 atom stereocenters. The monoisotopic (exact) mass is 207 g/mol. The zero-order valence-corrected chi connectivity index (χ0v) is 8.69. The number of hydrogen-bond donors (Lipinski definition) is 3. The first kappa shape index (κ1) is 10.5. The maximum absolute atomic E-state index is 10.1. The van der Waals surface area contributed by atoms with Crippen LogP contribution in [0.5, 0.6) is 5.75 Å². The minimum Gasteiger partial charge on any atom is -0.508 e. The van der Waals surface area contributed by atoms with E-state index in [1.807, 2.05) is 0 Å². The summed E-state index contributed by atoms with van der Waals surface area (Å²) < 4.78 is 0. The van der Waals surface area contributed by atoms with E-state index in [4.69, 9.17) is 5.11 Å². The van der Waals surface area contributed by atoms with Crippen molar-refractivity contribution in [3.63, 3.8) is 0 Å². The van der Waals surface area contributed by atoms with E-state index in [9.17, 15) is 5.11 Å². The second kappa shape index (κ2) is 4.64. The Bertz CT molecular complexity index is 304. The Morgan fingerprint density at radius 3 is 2.53 bits per heavy atom. The molecule has 0 saturated carbocycles. The summed E-state index contributed by atoms with van der Waals surface area (Å²) in [5, 5.41) is 22.6. The van der Waals surface area contributed by atoms with Crippen molar-refractivity contribution in [3.8, 4) is 5.75 Å². The largest absolute Gasteiger partial charge is 0.508 e. The molecule has 0 spiro atoms. The molecule has 1 aliphatic rings. The van der Waals surface area contributed by atoms with Crippen molar-refractivity contribution in [3.05, 3.63) is 29.8 Å². The van der Waals surface area contributed by atoms with Crippen molar-refractivity contribution in [1.82, 2.24) is 5.32 Å². The van der Waals surface area contributed by atoms with Crippen LogP contribution in [0.4, 0.5) is 0 Å². The number of benzene rings is 1. The van der Waals surface area contributed by atoms with Gasteiger partial charge in [0.25, 0.3) is 0 Å². The van der Waals surface area contributed by atoms with E-state index >= 15 is 0 Å². The molecule has 3 N–H and O–H groups in total. The van der Waals surface area contributed by atoms with Gasteiger partial charge in [-0.3, -0.25) is 0 Å². The Morgan fingerprint density at radius 1 is 1.20 bits per heavy atom. The van der Waals surface area contributed by atoms with Crippen LogP contribution in [0.2, 0.25) is 0 Å². The smallest absolute Gasteiger partial charge is 0.115 e. The lowest BCUT2D eigenvalue weighted by atomic mass is 9.95. The second-order valence-electron chi connectivity index (χ2n) is 4.09. The Balaban J connectivity index is 2.05. The molecule has 0 bridgehead atoms. The van der Waals surface area contributed by atoms with E-state index in [0.717, 1.165) is 18.5 Å². The third-order valence-electron chi connectivity index (χ3n) is 2.96. The first-order chi connectivity index (χ1) is 7.27. The highest BCUT2D eigenvalue weighted by atomic mass is 16.3. The molecular formula is C12H17NO2. The Labute approximate surface area is 89.8 Å². The topological polar surface area (TPSA) is 52.5 Å². The van der Waals surface area contributed by atoms with E-state index in [2.05, 4.69) is 5.32 Å². The predicted molar refractivity (Wildman–Crippen MR) is 58.7 cm³/mol. The third kappa shape index (κ3) is 2.49. The number of aliphatic hydroxyl groups is 1. The molecule has 1 heterocycles. The first-order valence-electron chi connectivity index (χ1n) is 5.48. The second-order valence-corrected chi connectivity index (χ2v) is 4.09. The Morgan fingerprint density at radius 2 is 1.93 bits per heavy atom. The summed E-state index contributed by atoms with van der Waals surface area (Å²) in [6.07, 6.45) is 2.92. The van der Waals surface area contributed by atoms with Gasteiger partial charge < -0.3 is 15.5 Å². The Kier molecular flexibility index (Phi) is 3.23. The zero-order valence-electron chi connectivity index (χ0n) is 8.69. The van der Waals surface area contributed by atoms with Crippen LogP contribution in [-0.2, 0) is 0 Å². The summed E-state index contributed by atoms with van der Waals surface area (Å²) in [4.78, 5) is 0. The minimum absolute atomic E-state index is 0.156. The van der Waals surface area contributed by atoms with E-state index in [1.165, 1.54) is 12.8 Å². The summed E-state index contributed by atoms with van der Waals surface area (Å²) in [5.74, 6) is 0.238. The molecule has 1 aromatic carbocycles. The van der Waals surface area contributed by atoms with Crippen LogP contribution < -0.4 is 5.32 Å². The van der Waals surface area contributed by atoms with Crippen molar-refractivity contribution in [1.29, 1.82) is 0 Å². The van der Waals surface area contributed by atoms with Gasteiger partial charge >= 0.3 is 0 Å². The van der Waals surface area contributed by atoms with Gasteiger partial charge in [-0.15, -0.1) is 0 Å². The van der Waals surface area contributed by atoms with Crippen LogP contribution in [0.3, 0.4) is 0 Å². The van der Waals surface area contributed by atoms with E-state index < -0.39 is 6.10 Å². The number of phenols is 1. The molecule has 0 aromatic heterocycles. The summed E-state index contributed by atoms with van der Waals surface area (Å²) in [6, 6.07) is 6.93. The lowest BCUT2D eigenvalue weighted by Gasteiger charge is -2.28. The van der Waals surface area contributed by atoms with Gasteiger partial charge in [-0.2, -0.15) is 0 Å². The van der Waals surface area contributed by atoms with Crippen LogP contribution >= 0.6 is 0 Å². The summed E-state index contributed by atoms with van der Waals surface area (Å²) in [5.41, 5.74) is 0.868. The van der Waals surface area contributed by atoms with Crippen LogP contribution in [0.1, 0.15) is 30.9 Å². The third-order valence-corrected chi connectivity index (χ3v) is 2.96. The number of hydrogen-bond acceptors (Lipinski definition) is 3. The van der Waals surface area contributed by atoms with Crippen LogP contribution in [0.25, 0.3) is 0 Å². The van der Waals surface area contributed by atoms with E-state index in [-0.39, 0.29) is 11.8 Å². The van der Waals surface area contributed by atoms with Gasteiger partial charge in [-0.05, 0) is 37.1 Å². The number of piperidine rings is 1. The maximum atomic E-state index is 10.1. The van der Waals surface area contributed by atoms with Crippen LogP contribution in [0.15, 0.2) is 24.3 Å². The molecule has 1 aliphatic heterocycles. The van der Waals surface area contributed by atoms with Crippen molar-refractivity contribution < 1.29 is 10.2 Å². The fraction of sp³-hybridized carbons (Fsp3) is 0.500. The number of rotatable bonds is 2. The van der Waals surface area contributed by atoms with Gasteiger partial charge in [-0.1, -0.05) is 18.6 Å². The summed E-state index contributed by atoms with van der Waals surface area (Å²) in [6.45, 7) is 0.986. The summed E-state index contributed by atoms with van der Waals surface area (Å²) in [7, 11) is 0. The highest BCUT2D eigenvalue weighted by Crippen LogP contribution is 2.24. The normalized spacial score (nSPS) is 23.7. The molecule has 3 heteroatoms. The quantitative estimate of drug-likeness (QED) is 0.690. The number of aromatic hydroxyl groups is 1. The molecule has 0 aliphatic carbocycles. The number of aliphatic hydroxyl groups excluding tert-OH is 1. The average molecular weight is 207 g/mol. The molecule has 82 valence electrons. The zero-order chi connectivity index (χ0) is 10.7.